The van der Waals surface area contributed by atoms with Crippen LogP contribution >= 0.6 is 0 Å². The molecule has 1 heterocycles. The van der Waals surface area contributed by atoms with Crippen molar-refractivity contribution in [2.75, 3.05) is 5.32 Å². The monoisotopic (exact) mass is 291 g/mol. The standard InChI is InChI=1S/C13H13N3O5/c17-10-5-4-9(11(18)16-10)15-13(21)14-8-3-1-2-7(6-8)12(19)20/h1-3,6,9H,4-5H2,(H,19,20)(H2,14,15,21)(H,16,17,18). The first-order valence-corrected chi connectivity index (χ1v) is 6.20. The quantitative estimate of drug-likeness (QED) is 0.597. The SMILES string of the molecule is O=C1CCC(NC(=O)Nc2cccc(C(=O)O)c2)C(=O)N1. The van der Waals surface area contributed by atoms with Crippen molar-refractivity contribution < 1.29 is 24.3 Å². The Morgan fingerprint density at radius 3 is 2.71 bits per heavy atom. The first kappa shape index (κ1) is 14.5. The number of nitrogens with one attached hydrogen (secondary N) is 3. The minimum absolute atomic E-state index is 0.0359. The number of rotatable bonds is 3. The predicted octanol–water partition coefficient (Wildman–Crippen LogP) is 0.311. The maximum Gasteiger partial charge on any atom is 0.335 e. The lowest BCUT2D eigenvalue weighted by Gasteiger charge is -2.21. The van der Waals surface area contributed by atoms with Crippen LogP contribution in [0.15, 0.2) is 24.3 Å². The molecule has 0 saturated carbocycles. The molecule has 0 aromatic heterocycles. The average molecular weight is 291 g/mol. The lowest BCUT2D eigenvalue weighted by Crippen LogP contribution is -2.53. The topological polar surface area (TPSA) is 125 Å². The average Bonchev–Trinajstić information content (AvgIpc) is 2.42. The molecule has 8 nitrogen and oxygen atoms in total. The minimum atomic E-state index is -1.11. The van der Waals surface area contributed by atoms with Crippen LogP contribution in [0.4, 0.5) is 10.5 Å². The van der Waals surface area contributed by atoms with Crippen molar-refractivity contribution in [1.82, 2.24) is 10.6 Å². The van der Waals surface area contributed by atoms with Crippen LogP contribution in [-0.4, -0.2) is 35.0 Å². The molecule has 1 fully saturated rings. The molecular weight excluding hydrogens is 278 g/mol. The van der Waals surface area contributed by atoms with E-state index < -0.39 is 23.9 Å². The number of carboxylic acids is 1. The van der Waals surface area contributed by atoms with Gasteiger partial charge < -0.3 is 15.7 Å². The molecule has 1 unspecified atom stereocenters. The number of amides is 4. The largest absolute Gasteiger partial charge is 0.478 e. The number of piperidine rings is 1. The molecule has 1 atom stereocenters. The van der Waals surface area contributed by atoms with E-state index >= 15 is 0 Å². The van der Waals surface area contributed by atoms with Crippen LogP contribution in [0, 0.1) is 0 Å². The summed E-state index contributed by atoms with van der Waals surface area (Å²) in [5, 5.41) is 15.8. The Morgan fingerprint density at radius 1 is 1.29 bits per heavy atom. The van der Waals surface area contributed by atoms with E-state index in [1.165, 1.54) is 24.3 Å². The zero-order valence-electron chi connectivity index (χ0n) is 10.9. The summed E-state index contributed by atoms with van der Waals surface area (Å²) in [6, 6.07) is 4.27. The summed E-state index contributed by atoms with van der Waals surface area (Å²) in [6.07, 6.45) is 0.387. The van der Waals surface area contributed by atoms with E-state index in [1.54, 1.807) is 0 Å². The van der Waals surface area contributed by atoms with E-state index in [-0.39, 0.29) is 24.3 Å². The van der Waals surface area contributed by atoms with Crippen LogP contribution in [0.2, 0.25) is 0 Å². The van der Waals surface area contributed by atoms with Crippen LogP contribution in [0.5, 0.6) is 0 Å². The second-order valence-electron chi connectivity index (χ2n) is 4.49. The lowest BCUT2D eigenvalue weighted by atomic mass is 10.1. The van der Waals surface area contributed by atoms with E-state index in [9.17, 15) is 19.2 Å². The Hall–Kier alpha value is -2.90. The molecule has 110 valence electrons. The maximum atomic E-state index is 11.8. The zero-order valence-corrected chi connectivity index (χ0v) is 10.9. The van der Waals surface area contributed by atoms with Crippen molar-refractivity contribution in [3.05, 3.63) is 29.8 Å². The van der Waals surface area contributed by atoms with E-state index in [4.69, 9.17) is 5.11 Å². The van der Waals surface area contributed by atoms with Gasteiger partial charge in [0, 0.05) is 12.1 Å². The Labute approximate surface area is 119 Å². The summed E-state index contributed by atoms with van der Waals surface area (Å²) in [7, 11) is 0. The van der Waals surface area contributed by atoms with Gasteiger partial charge in [-0.3, -0.25) is 14.9 Å². The smallest absolute Gasteiger partial charge is 0.335 e. The van der Waals surface area contributed by atoms with Gasteiger partial charge in [0.05, 0.1) is 5.56 Å². The number of carbonyl (C=O) groups excluding carboxylic acids is 3. The van der Waals surface area contributed by atoms with Crippen LogP contribution in [0.3, 0.4) is 0 Å². The van der Waals surface area contributed by atoms with Crippen LogP contribution in [0.1, 0.15) is 23.2 Å². The van der Waals surface area contributed by atoms with Gasteiger partial charge in [0.1, 0.15) is 6.04 Å². The third kappa shape index (κ3) is 3.78. The highest BCUT2D eigenvalue weighted by atomic mass is 16.4. The van der Waals surface area contributed by atoms with E-state index in [2.05, 4.69) is 16.0 Å². The number of carbonyl (C=O) groups is 4. The minimum Gasteiger partial charge on any atom is -0.478 e. The fourth-order valence-corrected chi connectivity index (χ4v) is 1.89. The Balaban J connectivity index is 1.95. The number of benzene rings is 1. The van der Waals surface area contributed by atoms with Gasteiger partial charge in [-0.1, -0.05) is 6.07 Å². The van der Waals surface area contributed by atoms with Gasteiger partial charge in [-0.15, -0.1) is 0 Å². The van der Waals surface area contributed by atoms with E-state index in [1.807, 2.05) is 0 Å². The van der Waals surface area contributed by atoms with E-state index in [0.29, 0.717) is 5.69 Å². The van der Waals surface area contributed by atoms with Crippen molar-refractivity contribution >= 4 is 29.5 Å². The normalized spacial score (nSPS) is 17.8. The predicted molar refractivity (Wildman–Crippen MR) is 71.7 cm³/mol. The van der Waals surface area contributed by atoms with Crippen LogP contribution in [-0.2, 0) is 9.59 Å². The summed E-state index contributed by atoms with van der Waals surface area (Å²) in [5.74, 6) is -2.03. The van der Waals surface area contributed by atoms with Gasteiger partial charge in [-0.05, 0) is 24.6 Å². The molecule has 1 aromatic rings. The molecule has 4 N–H and O–H groups in total. The first-order valence-electron chi connectivity index (χ1n) is 6.20. The molecule has 4 amide bonds. The number of hydrogen-bond acceptors (Lipinski definition) is 4. The molecule has 0 radical (unpaired) electrons. The van der Waals surface area contributed by atoms with Crippen LogP contribution < -0.4 is 16.0 Å². The molecule has 0 aliphatic carbocycles. The number of hydrogen-bond donors (Lipinski definition) is 4. The zero-order chi connectivity index (χ0) is 15.4. The number of urea groups is 1. The first-order chi connectivity index (χ1) is 9.95. The lowest BCUT2D eigenvalue weighted by molar-refractivity contribution is -0.134. The fraction of sp³-hybridized carbons (Fsp3) is 0.231. The van der Waals surface area contributed by atoms with Crippen molar-refractivity contribution in [1.29, 1.82) is 0 Å². The third-order valence-corrected chi connectivity index (χ3v) is 2.91. The molecule has 1 saturated heterocycles. The van der Waals surface area contributed by atoms with Gasteiger partial charge in [0.2, 0.25) is 11.8 Å². The van der Waals surface area contributed by atoms with Gasteiger partial charge in [0.15, 0.2) is 0 Å². The summed E-state index contributed by atoms with van der Waals surface area (Å²) in [6.45, 7) is 0. The van der Waals surface area contributed by atoms with Gasteiger partial charge in [-0.25, -0.2) is 9.59 Å². The second kappa shape index (κ2) is 6.04. The number of imide groups is 1. The Morgan fingerprint density at radius 2 is 2.05 bits per heavy atom. The molecular formula is C13H13N3O5. The van der Waals surface area contributed by atoms with Crippen molar-refractivity contribution in [2.24, 2.45) is 0 Å². The number of carboxylic acid groups (broad SMARTS) is 1. The molecule has 8 heteroatoms. The summed E-state index contributed by atoms with van der Waals surface area (Å²) in [4.78, 5) is 45.0. The molecule has 0 bridgehead atoms. The highest BCUT2D eigenvalue weighted by Gasteiger charge is 2.27. The highest BCUT2D eigenvalue weighted by Crippen LogP contribution is 2.11. The van der Waals surface area contributed by atoms with E-state index in [0.717, 1.165) is 0 Å². The third-order valence-electron chi connectivity index (χ3n) is 2.91. The Bertz CT molecular complexity index is 614. The molecule has 2 rings (SSSR count). The Kier molecular flexibility index (Phi) is 4.17. The molecule has 21 heavy (non-hydrogen) atoms. The van der Waals surface area contributed by atoms with Gasteiger partial charge >= 0.3 is 12.0 Å². The number of anilines is 1. The maximum absolute atomic E-state index is 11.8. The molecule has 1 aliphatic heterocycles. The summed E-state index contributed by atoms with van der Waals surface area (Å²) in [5.41, 5.74) is 0.327. The second-order valence-corrected chi connectivity index (χ2v) is 4.49. The van der Waals surface area contributed by atoms with Crippen molar-refractivity contribution in [3.8, 4) is 0 Å². The molecule has 0 spiro atoms. The van der Waals surface area contributed by atoms with Gasteiger partial charge in [0.25, 0.3) is 0 Å². The molecule has 1 aliphatic rings. The number of aromatic carboxylic acids is 1. The molecule has 1 aromatic carbocycles. The van der Waals surface area contributed by atoms with Crippen LogP contribution in [0.25, 0.3) is 0 Å². The van der Waals surface area contributed by atoms with Gasteiger partial charge in [-0.2, -0.15) is 0 Å². The fourth-order valence-electron chi connectivity index (χ4n) is 1.89. The summed E-state index contributed by atoms with van der Waals surface area (Å²) >= 11 is 0. The van der Waals surface area contributed by atoms with Crippen molar-refractivity contribution in [3.63, 3.8) is 0 Å². The highest BCUT2D eigenvalue weighted by molar-refractivity contribution is 6.02. The van der Waals surface area contributed by atoms with Crippen molar-refractivity contribution in [2.45, 2.75) is 18.9 Å². The summed E-state index contributed by atoms with van der Waals surface area (Å²) < 4.78 is 0.